The minimum Gasteiger partial charge on any atom is -0.508 e. The van der Waals surface area contributed by atoms with Gasteiger partial charge in [-0.05, 0) is 141 Å². The van der Waals surface area contributed by atoms with E-state index < -0.39 is 18.2 Å². The number of aryl methyl sites for hydroxylation is 1. The van der Waals surface area contributed by atoms with Gasteiger partial charge in [-0.2, -0.15) is 0 Å². The first-order valence-electron chi connectivity index (χ1n) is 26.1. The highest BCUT2D eigenvalue weighted by molar-refractivity contribution is 5.84. The summed E-state index contributed by atoms with van der Waals surface area (Å²) in [6.07, 6.45) is 14.4. The number of benzene rings is 4. The molecule has 0 amide bonds. The van der Waals surface area contributed by atoms with Gasteiger partial charge in [0, 0.05) is 78.4 Å². The van der Waals surface area contributed by atoms with E-state index in [2.05, 4.69) is 82.5 Å². The first kappa shape index (κ1) is 48.5. The van der Waals surface area contributed by atoms with Crippen LogP contribution >= 0.6 is 0 Å². The minimum absolute atomic E-state index is 0.0217. The summed E-state index contributed by atoms with van der Waals surface area (Å²) in [5.41, 5.74) is 17.4. The highest BCUT2D eigenvalue weighted by Gasteiger charge is 2.52. The second kappa shape index (κ2) is 20.9. The summed E-state index contributed by atoms with van der Waals surface area (Å²) >= 11 is 0. The number of ether oxygens (including phenoxy) is 4. The lowest BCUT2D eigenvalue weighted by Crippen LogP contribution is -2.43. The maximum absolute atomic E-state index is 12.7. The fourth-order valence-corrected chi connectivity index (χ4v) is 13.0. The molecule has 0 aromatic heterocycles. The molecule has 4 bridgehead atoms. The molecule has 7 unspecified atom stereocenters. The molecule has 1 spiro atoms. The normalized spacial score (nSPS) is 24.4. The fraction of sp³-hybridized carbons (Fsp3) is 0.475. The van der Waals surface area contributed by atoms with Crippen molar-refractivity contribution in [1.82, 2.24) is 16.0 Å². The zero-order valence-electron chi connectivity index (χ0n) is 41.8. The number of hydrogen-bond donors (Lipinski definition) is 7. The van der Waals surface area contributed by atoms with Gasteiger partial charge in [0.05, 0.1) is 24.9 Å². The highest BCUT2D eigenvalue weighted by atomic mass is 16.5. The number of carbonyl (C=O) groups is 1. The molecule has 2 saturated carbocycles. The molecule has 3 aliphatic heterocycles. The Labute approximate surface area is 419 Å². The second-order valence-electron chi connectivity index (χ2n) is 20.7. The Hall–Kier alpha value is -6.13. The molecular formula is C59H71N5O7. The van der Waals surface area contributed by atoms with Gasteiger partial charge in [-0.25, -0.2) is 0 Å². The molecule has 2 fully saturated rings. The Kier molecular flexibility index (Phi) is 14.3. The summed E-state index contributed by atoms with van der Waals surface area (Å²) in [6, 6.07) is 20.7. The molecule has 7 atom stereocenters. The van der Waals surface area contributed by atoms with Crippen molar-refractivity contribution in [1.29, 1.82) is 0 Å². The monoisotopic (exact) mass is 962 g/mol. The zero-order valence-corrected chi connectivity index (χ0v) is 41.8. The Morgan fingerprint density at radius 3 is 2.65 bits per heavy atom. The number of allylic oxidation sites excluding steroid dienone is 3. The number of anilines is 1. The molecule has 10 rings (SSSR count). The van der Waals surface area contributed by atoms with Gasteiger partial charge >= 0.3 is 5.97 Å². The van der Waals surface area contributed by atoms with Gasteiger partial charge in [0.2, 0.25) is 0 Å². The van der Waals surface area contributed by atoms with Gasteiger partial charge in [-0.1, -0.05) is 61.6 Å². The number of aromatic hydroxyl groups is 2. The maximum Gasteiger partial charge on any atom is 0.302 e. The largest absolute Gasteiger partial charge is 0.508 e. The summed E-state index contributed by atoms with van der Waals surface area (Å²) in [7, 11) is 3.57. The van der Waals surface area contributed by atoms with Crippen LogP contribution in [0.3, 0.4) is 0 Å². The molecule has 0 saturated heterocycles. The number of carbonyl (C=O) groups excluding carboxylic acids is 1. The van der Waals surface area contributed by atoms with Gasteiger partial charge in [0.1, 0.15) is 36.1 Å². The van der Waals surface area contributed by atoms with Crippen molar-refractivity contribution < 1.29 is 34.0 Å². The second-order valence-corrected chi connectivity index (χ2v) is 20.7. The van der Waals surface area contributed by atoms with Crippen molar-refractivity contribution in [2.45, 2.75) is 127 Å². The zero-order chi connectivity index (χ0) is 49.2. The quantitative estimate of drug-likeness (QED) is 0.0447. The average molecular weight is 962 g/mol. The van der Waals surface area contributed by atoms with Crippen LogP contribution in [0.5, 0.6) is 28.7 Å². The third-order valence-electron chi connectivity index (χ3n) is 16.2. The van der Waals surface area contributed by atoms with Crippen LogP contribution in [-0.2, 0) is 34.2 Å². The molecule has 4 aromatic rings. The number of dihydropyridines is 1. The van der Waals surface area contributed by atoms with Crippen molar-refractivity contribution in [2.75, 3.05) is 45.7 Å². The molecule has 8 N–H and O–H groups in total. The smallest absolute Gasteiger partial charge is 0.302 e. The Balaban J connectivity index is 1.15. The van der Waals surface area contributed by atoms with E-state index in [0.717, 1.165) is 113 Å². The summed E-state index contributed by atoms with van der Waals surface area (Å²) in [5.74, 6) is 8.69. The van der Waals surface area contributed by atoms with Gasteiger partial charge in [-0.15, -0.1) is 0 Å². The molecule has 4 aromatic carbocycles. The molecule has 12 nitrogen and oxygen atoms in total. The van der Waals surface area contributed by atoms with E-state index >= 15 is 0 Å². The number of fused-ring (bicyclic) bond motifs is 6. The molecule has 3 aliphatic carbocycles. The van der Waals surface area contributed by atoms with Crippen LogP contribution in [0.1, 0.15) is 117 Å². The van der Waals surface area contributed by atoms with Crippen molar-refractivity contribution in [3.63, 3.8) is 0 Å². The molecule has 12 heteroatoms. The molecule has 3 heterocycles. The van der Waals surface area contributed by atoms with Crippen LogP contribution in [0.15, 0.2) is 84.1 Å². The first-order valence-corrected chi connectivity index (χ1v) is 26.1. The molecule has 0 radical (unpaired) electrons. The van der Waals surface area contributed by atoms with Gasteiger partial charge < -0.3 is 56.2 Å². The lowest BCUT2D eigenvalue weighted by atomic mass is 9.64. The molecular weight excluding hydrogens is 891 g/mol. The molecule has 71 heavy (non-hydrogen) atoms. The Morgan fingerprint density at radius 2 is 1.85 bits per heavy atom. The van der Waals surface area contributed by atoms with E-state index in [1.807, 2.05) is 25.3 Å². The summed E-state index contributed by atoms with van der Waals surface area (Å²) in [4.78, 5) is 12.7. The van der Waals surface area contributed by atoms with Crippen molar-refractivity contribution in [3.8, 4) is 51.7 Å². The SMILES string of the molecule is CCNc1ccccc1CCC1C2=C(C#CCc3cc(O)c(OC(CNC)CNC4CCCCC4)cc3C3Oc4c(ccc5c4C4(CCC1C4)Cc1cc(O)cc(OC)c1-5)C3COC(C)=O)NC(N)C=C2. The highest BCUT2D eigenvalue weighted by Crippen LogP contribution is 2.63. The molecule has 6 aliphatic rings. The topological polar surface area (TPSA) is 169 Å². The Bertz CT molecular complexity index is 2770. The van der Waals surface area contributed by atoms with E-state index in [0.29, 0.717) is 43.5 Å². The van der Waals surface area contributed by atoms with Crippen LogP contribution in [0.25, 0.3) is 11.1 Å². The van der Waals surface area contributed by atoms with Gasteiger partial charge in [-0.3, -0.25) is 4.79 Å². The standard InChI is InChI=1S/C59H71N5O7/c1-5-62-49-16-10-9-12-36(49)18-19-43-38-24-25-59(30-38)31-39-26-41(66)28-53(68-4)55(39)46-21-20-45-48(34-69-35(2)65)57(71-58(45)56(46)59)47-29-52(70-42(32-61-3)33-63-40-14-7-6-8-15-40)51(67)27-37(47)13-11-17-50-44(43)22-23-54(60)64-50/h9-10,12,16,20-23,26-29,38,40,42-43,48,54,57,61-64,66-67H,5-8,13-15,18-19,24-25,30-34,60H2,1-4H3. The third kappa shape index (κ3) is 9.81. The third-order valence-corrected chi connectivity index (χ3v) is 16.2. The Morgan fingerprint density at radius 1 is 1.00 bits per heavy atom. The number of esters is 1. The average Bonchev–Trinajstić information content (AvgIpc) is 3.95. The van der Waals surface area contributed by atoms with Crippen LogP contribution in [0, 0.1) is 23.7 Å². The van der Waals surface area contributed by atoms with E-state index in [-0.39, 0.29) is 47.4 Å². The minimum atomic E-state index is -0.621. The lowest BCUT2D eigenvalue weighted by Gasteiger charge is -2.40. The number of rotatable bonds is 15. The first-order chi connectivity index (χ1) is 34.6. The predicted octanol–water partition coefficient (Wildman–Crippen LogP) is 8.98. The van der Waals surface area contributed by atoms with Crippen molar-refractivity contribution in [3.05, 3.63) is 117 Å². The number of phenolic OH excluding ortho intramolecular Hbond substituents is 2. The maximum atomic E-state index is 12.7. The number of likely N-dealkylation sites (N-methyl/N-ethyl adjacent to an activating group) is 1. The van der Waals surface area contributed by atoms with E-state index in [1.54, 1.807) is 19.2 Å². The summed E-state index contributed by atoms with van der Waals surface area (Å²) in [6.45, 7) is 5.69. The van der Waals surface area contributed by atoms with Crippen LogP contribution in [0.2, 0.25) is 0 Å². The number of phenols is 2. The molecule has 374 valence electrons. The summed E-state index contributed by atoms with van der Waals surface area (Å²) in [5, 5.41) is 37.3. The van der Waals surface area contributed by atoms with Crippen LogP contribution in [-0.4, -0.2) is 74.9 Å². The number of hydrogen-bond acceptors (Lipinski definition) is 12. The number of para-hydroxylation sites is 1. The number of methoxy groups -OCH3 is 1. The number of nitrogens with two attached hydrogens (primary N) is 1. The van der Waals surface area contributed by atoms with Crippen molar-refractivity contribution >= 4 is 11.7 Å². The lowest BCUT2D eigenvalue weighted by molar-refractivity contribution is -0.141. The predicted molar refractivity (Wildman–Crippen MR) is 278 cm³/mol. The summed E-state index contributed by atoms with van der Waals surface area (Å²) < 4.78 is 26.3. The van der Waals surface area contributed by atoms with Gasteiger partial charge in [0.15, 0.2) is 11.5 Å². The fourth-order valence-electron chi connectivity index (χ4n) is 13.0. The van der Waals surface area contributed by atoms with Crippen molar-refractivity contribution in [2.24, 2.45) is 17.6 Å². The van der Waals surface area contributed by atoms with E-state index in [4.69, 9.17) is 24.7 Å². The van der Waals surface area contributed by atoms with Crippen LogP contribution < -0.4 is 41.2 Å². The van der Waals surface area contributed by atoms with Gasteiger partial charge in [0.25, 0.3) is 0 Å². The van der Waals surface area contributed by atoms with E-state index in [9.17, 15) is 15.0 Å². The van der Waals surface area contributed by atoms with Crippen LogP contribution in [0.4, 0.5) is 5.69 Å². The van der Waals surface area contributed by atoms with E-state index in [1.165, 1.54) is 31.7 Å². The number of nitrogens with one attached hydrogen (secondary N) is 4.